The quantitative estimate of drug-likeness (QED) is 0.248. The molecule has 1 aromatic rings. The van der Waals surface area contributed by atoms with E-state index in [1.165, 1.54) is 279 Å². The van der Waals surface area contributed by atoms with E-state index in [1.807, 2.05) is 17.8 Å². The Balaban J connectivity index is 0.000000480. The summed E-state index contributed by atoms with van der Waals surface area (Å²) < 4.78 is 6.99. The molecule has 11 fully saturated rings. The van der Waals surface area contributed by atoms with E-state index >= 15 is 0 Å². The summed E-state index contributed by atoms with van der Waals surface area (Å²) in [6.45, 7) is 44.3. The first-order chi connectivity index (χ1) is 42.1. The van der Waals surface area contributed by atoms with Gasteiger partial charge >= 0.3 is 0 Å². The molecule has 12 heterocycles. The molecule has 0 aromatic carbocycles. The van der Waals surface area contributed by atoms with Crippen LogP contribution in [0.2, 0.25) is 0 Å². The van der Waals surface area contributed by atoms with E-state index in [1.54, 1.807) is 12.5 Å². The summed E-state index contributed by atoms with van der Waals surface area (Å²) in [4.78, 5) is 32.3. The lowest BCUT2D eigenvalue weighted by molar-refractivity contribution is 0.0503. The number of nitrogens with zero attached hydrogens (tertiary/aromatic N) is 14. The Morgan fingerprint density at radius 2 is 0.420 bits per heavy atom. The number of imidazole rings is 1. The Kier molecular flexibility index (Phi) is 54.0. The Morgan fingerprint density at radius 1 is 0.239 bits per heavy atom. The van der Waals surface area contributed by atoms with Crippen molar-refractivity contribution in [2.75, 3.05) is 255 Å². The molecule has 0 bridgehead atoms. The predicted octanol–water partition coefficient (Wildman–Crippen LogP) is 11.0. The maximum atomic E-state index is 5.10. The SMILES string of the molecule is CC1CCN(C)CC1.CC1CCN(C)CC1.CC1CCN(C)CC1.CC1CCN(C)CC1.CC1CCN(C)CC1.CN1CCCC1.CN1CCCCC1.CN1CCCCC1.CN1CCCCC1.CN1CCN(C)CC1.CN1CCOCC1.Cn1ccnc1. The van der Waals surface area contributed by atoms with E-state index in [-0.39, 0.29) is 0 Å². The monoisotopic (exact) mass is 1250 g/mol. The standard InChI is InChI=1S/5C7H15N.C6H14N2.3C6H13N.C5H11NO.C5H11N.C4H6N2/c6*1-7-3-5-8(2)6-4-7;3*1-7-5-3-2-4-6-7;1-6-2-4-7-5-3-6;1-6-4-2-3-5-6;1-6-3-2-5-4-6/h5*7H,3-6H2,1-2H3;3-6H2,1-2H3;3*2-6H2,1H3;2-5H2,1H3;2-5H2,1H3;2-4H,1H3. The van der Waals surface area contributed by atoms with Gasteiger partial charge in [-0.3, -0.25) is 0 Å². The highest BCUT2D eigenvalue weighted by atomic mass is 16.5. The largest absolute Gasteiger partial charge is 0.379 e. The lowest BCUT2D eigenvalue weighted by Gasteiger charge is -2.28. The van der Waals surface area contributed by atoms with Gasteiger partial charge in [0.2, 0.25) is 0 Å². The first-order valence-corrected chi connectivity index (χ1v) is 36.8. The molecule has 15 heteroatoms. The zero-order chi connectivity index (χ0) is 65.2. The number of piperidine rings is 8. The van der Waals surface area contributed by atoms with E-state index in [0.717, 1.165) is 55.9 Å². The average molecular weight is 1250 g/mol. The molecule has 88 heavy (non-hydrogen) atoms. The molecule has 1 aromatic heterocycles. The van der Waals surface area contributed by atoms with Crippen LogP contribution in [0.25, 0.3) is 0 Å². The van der Waals surface area contributed by atoms with Crippen LogP contribution >= 0.6 is 0 Å². The van der Waals surface area contributed by atoms with Crippen LogP contribution in [0.3, 0.4) is 0 Å². The van der Waals surface area contributed by atoms with Gasteiger partial charge in [-0.25, -0.2) is 4.98 Å². The van der Waals surface area contributed by atoms with Crippen LogP contribution in [0.15, 0.2) is 18.7 Å². The Bertz CT molecular complexity index is 1260. The number of hydrogen-bond acceptors (Lipinski definition) is 14. The van der Waals surface area contributed by atoms with Gasteiger partial charge in [0, 0.05) is 58.7 Å². The molecule has 11 aliphatic heterocycles. The Morgan fingerprint density at radius 3 is 0.534 bits per heavy atom. The summed E-state index contributed by atoms with van der Waals surface area (Å²) >= 11 is 0. The number of aryl methyl sites for hydroxylation is 1. The highest BCUT2D eigenvalue weighted by molar-refractivity contribution is 4.72. The fourth-order valence-corrected chi connectivity index (χ4v) is 11.6. The minimum Gasteiger partial charge on any atom is -0.379 e. The molecule has 11 aliphatic rings. The van der Waals surface area contributed by atoms with Crippen molar-refractivity contribution in [2.45, 2.75) is 169 Å². The number of aromatic nitrogens is 2. The second kappa shape index (κ2) is 56.1. The lowest BCUT2D eigenvalue weighted by Crippen LogP contribution is -2.42. The minimum absolute atomic E-state index is 0.913. The van der Waals surface area contributed by atoms with Crippen LogP contribution in [0.1, 0.15) is 169 Å². The molecule has 0 N–H and O–H groups in total. The fraction of sp³-hybridized carbons (Fsp3) is 0.959. The number of likely N-dealkylation sites (tertiary alicyclic amines) is 9. The summed E-state index contributed by atoms with van der Waals surface area (Å²) in [6, 6.07) is 0. The van der Waals surface area contributed by atoms with Gasteiger partial charge in [-0.05, 0) is 348 Å². The van der Waals surface area contributed by atoms with Gasteiger partial charge in [-0.2, -0.15) is 0 Å². The average Bonchev–Trinajstić information content (AvgIpc) is 4.24. The van der Waals surface area contributed by atoms with Gasteiger partial charge in [0.05, 0.1) is 19.5 Å². The van der Waals surface area contributed by atoms with Crippen LogP contribution < -0.4 is 0 Å². The van der Waals surface area contributed by atoms with Gasteiger partial charge < -0.3 is 68.1 Å². The van der Waals surface area contributed by atoms with Crippen molar-refractivity contribution in [1.29, 1.82) is 0 Å². The smallest absolute Gasteiger partial charge is 0.0943 e. The molecule has 12 rings (SSSR count). The van der Waals surface area contributed by atoms with Crippen molar-refractivity contribution in [2.24, 2.45) is 36.6 Å². The van der Waals surface area contributed by atoms with Crippen LogP contribution in [0.4, 0.5) is 0 Å². The predicted molar refractivity (Wildman–Crippen MR) is 387 cm³/mol. The third-order valence-electron chi connectivity index (χ3n) is 19.7. The molecule has 0 unspecified atom stereocenters. The van der Waals surface area contributed by atoms with E-state index in [0.29, 0.717) is 0 Å². The van der Waals surface area contributed by atoms with Crippen molar-refractivity contribution in [3.05, 3.63) is 18.7 Å². The number of rotatable bonds is 0. The minimum atomic E-state index is 0.913. The van der Waals surface area contributed by atoms with Crippen LogP contribution in [-0.4, -0.2) is 323 Å². The number of piperazine rings is 1. The molecule has 0 aliphatic carbocycles. The maximum absolute atomic E-state index is 5.10. The third kappa shape index (κ3) is 54.1. The van der Waals surface area contributed by atoms with Crippen molar-refractivity contribution in [3.63, 3.8) is 0 Å². The van der Waals surface area contributed by atoms with Gasteiger partial charge in [0.1, 0.15) is 0 Å². The van der Waals surface area contributed by atoms with E-state index < -0.39 is 0 Å². The summed E-state index contributed by atoms with van der Waals surface area (Å²) in [5.74, 6) is 4.89. The highest BCUT2D eigenvalue weighted by Gasteiger charge is 2.15. The Hall–Kier alpha value is -1.31. The lowest BCUT2D eigenvalue weighted by atomic mass is 10.00. The topological polar surface area (TPSA) is 65.9 Å². The second-order valence-corrected chi connectivity index (χ2v) is 29.8. The first-order valence-electron chi connectivity index (χ1n) is 36.8. The fourth-order valence-electron chi connectivity index (χ4n) is 11.6. The number of likely N-dealkylation sites (N-methyl/N-ethyl adjacent to an activating group) is 3. The van der Waals surface area contributed by atoms with E-state index in [9.17, 15) is 0 Å². The molecule has 0 amide bonds. The molecule has 0 atom stereocenters. The molecule has 15 nitrogen and oxygen atoms in total. The summed E-state index contributed by atoms with van der Waals surface area (Å²) in [6.07, 6.45) is 35.0. The van der Waals surface area contributed by atoms with Crippen LogP contribution in [-0.2, 0) is 11.8 Å². The summed E-state index contributed by atoms with van der Waals surface area (Å²) in [5, 5.41) is 0. The zero-order valence-corrected chi connectivity index (χ0v) is 62.5. The van der Waals surface area contributed by atoms with Gasteiger partial charge in [0.25, 0.3) is 0 Å². The van der Waals surface area contributed by atoms with Crippen LogP contribution in [0.5, 0.6) is 0 Å². The normalized spacial score (nSPS) is 24.7. The van der Waals surface area contributed by atoms with E-state index in [2.05, 4.69) is 183 Å². The van der Waals surface area contributed by atoms with E-state index in [4.69, 9.17) is 4.74 Å². The zero-order valence-electron chi connectivity index (χ0n) is 62.5. The molecule has 0 radical (unpaired) electrons. The maximum Gasteiger partial charge on any atom is 0.0943 e. The van der Waals surface area contributed by atoms with Crippen molar-refractivity contribution in [3.8, 4) is 0 Å². The number of morpholine rings is 1. The Labute approximate surface area is 550 Å². The number of ether oxygens (including phenoxy) is 1. The molecular weight excluding hydrogens is 1090 g/mol. The summed E-state index contributed by atoms with van der Waals surface area (Å²) in [7, 11) is 28.2. The van der Waals surface area contributed by atoms with Crippen molar-refractivity contribution in [1.82, 2.24) is 68.3 Å². The van der Waals surface area contributed by atoms with Crippen molar-refractivity contribution < 1.29 is 4.74 Å². The van der Waals surface area contributed by atoms with Gasteiger partial charge in [-0.1, -0.05) is 53.9 Å². The summed E-state index contributed by atoms with van der Waals surface area (Å²) in [5.41, 5.74) is 0. The first kappa shape index (κ1) is 84.7. The molecule has 0 spiro atoms. The third-order valence-corrected chi connectivity index (χ3v) is 19.7. The molecular formula is C73H156N14O. The molecule has 11 saturated heterocycles. The van der Waals surface area contributed by atoms with Gasteiger partial charge in [0.15, 0.2) is 0 Å². The second-order valence-electron chi connectivity index (χ2n) is 29.8. The highest BCUT2D eigenvalue weighted by Crippen LogP contribution is 2.17. The van der Waals surface area contributed by atoms with Crippen LogP contribution in [0, 0.1) is 29.6 Å². The number of hydrogen-bond donors (Lipinski definition) is 0. The molecule has 0 saturated carbocycles. The van der Waals surface area contributed by atoms with Gasteiger partial charge in [-0.15, -0.1) is 0 Å². The molecule has 524 valence electrons. The van der Waals surface area contributed by atoms with Crippen molar-refractivity contribution >= 4 is 0 Å².